The molecular weight excluding hydrogens is 590 g/mol. The third kappa shape index (κ3) is 5.94. The Bertz CT molecular complexity index is 1900. The minimum absolute atomic E-state index is 0.108. The van der Waals surface area contributed by atoms with Crippen molar-refractivity contribution in [2.24, 2.45) is 12.5 Å². The fourth-order valence-electron chi connectivity index (χ4n) is 7.11. The molecule has 2 saturated heterocycles. The molecule has 0 unspecified atom stereocenters. The molecule has 3 aliphatic rings. The fraction of sp³-hybridized carbons (Fsp3) is 0.333. The van der Waals surface area contributed by atoms with E-state index in [1.54, 1.807) is 17.2 Å². The van der Waals surface area contributed by atoms with Gasteiger partial charge in [0.25, 0.3) is 0 Å². The molecule has 1 spiro atoms. The van der Waals surface area contributed by atoms with Gasteiger partial charge >= 0.3 is 0 Å². The summed E-state index contributed by atoms with van der Waals surface area (Å²) in [5.74, 6) is 0.924. The number of carbonyl (C=O) groups excluding carboxylic acids is 2. The number of rotatable bonds is 7. The highest BCUT2D eigenvalue weighted by atomic mass is 16.2. The van der Waals surface area contributed by atoms with Gasteiger partial charge in [0.05, 0.1) is 17.5 Å². The molecule has 0 bridgehead atoms. The largest absolute Gasteiger partial charge is 0.398 e. The van der Waals surface area contributed by atoms with Crippen LogP contribution >= 0.6 is 0 Å². The van der Waals surface area contributed by atoms with Crippen LogP contribution in [0.3, 0.4) is 0 Å². The van der Waals surface area contributed by atoms with E-state index in [1.165, 1.54) is 5.57 Å². The predicted molar refractivity (Wildman–Crippen MR) is 181 cm³/mol. The minimum Gasteiger partial charge on any atom is -0.398 e. The Morgan fingerprint density at radius 3 is 2.51 bits per heavy atom. The smallest absolute Gasteiger partial charge is 0.237 e. The highest BCUT2D eigenvalue weighted by molar-refractivity contribution is 6.13. The summed E-state index contributed by atoms with van der Waals surface area (Å²) in [6.45, 7) is 5.45. The average molecular weight is 631 g/mol. The fourth-order valence-corrected chi connectivity index (χ4v) is 7.11. The lowest BCUT2D eigenvalue weighted by Crippen LogP contribution is -2.43. The zero-order chi connectivity index (χ0) is 32.7. The van der Waals surface area contributed by atoms with Crippen molar-refractivity contribution in [2.45, 2.75) is 26.2 Å². The van der Waals surface area contributed by atoms with Gasteiger partial charge in [-0.15, -0.1) is 0 Å². The number of anilines is 2. The van der Waals surface area contributed by atoms with Gasteiger partial charge in [0.15, 0.2) is 5.82 Å². The SMILES string of the molecule is Cc1cc(C(=[NH2+])c2cc(N3CC[C@]4(CCN(CC(=O)N5CC=C(c6ccc(-c7ncn(C)n7)cc6)CC5)C4)C3=O)ccc2N)ccn1. The first-order valence-corrected chi connectivity index (χ1v) is 16.1. The second-order valence-electron chi connectivity index (χ2n) is 13.0. The van der Waals surface area contributed by atoms with Crippen LogP contribution < -0.4 is 16.0 Å². The first-order valence-electron chi connectivity index (χ1n) is 16.1. The molecule has 11 nitrogen and oxygen atoms in total. The van der Waals surface area contributed by atoms with E-state index in [-0.39, 0.29) is 11.8 Å². The van der Waals surface area contributed by atoms with Crippen molar-refractivity contribution >= 4 is 34.5 Å². The van der Waals surface area contributed by atoms with Crippen molar-refractivity contribution in [1.29, 1.82) is 0 Å². The van der Waals surface area contributed by atoms with Crippen molar-refractivity contribution in [3.05, 3.63) is 95.6 Å². The number of benzene rings is 2. The van der Waals surface area contributed by atoms with E-state index >= 15 is 0 Å². The van der Waals surface area contributed by atoms with Crippen LogP contribution in [-0.4, -0.2) is 86.3 Å². The molecule has 7 rings (SSSR count). The molecule has 0 saturated carbocycles. The molecule has 2 aromatic carbocycles. The zero-order valence-corrected chi connectivity index (χ0v) is 26.9. The Labute approximate surface area is 274 Å². The van der Waals surface area contributed by atoms with Gasteiger partial charge in [0.2, 0.25) is 17.5 Å². The third-order valence-corrected chi connectivity index (χ3v) is 9.83. The summed E-state index contributed by atoms with van der Waals surface area (Å²) in [5.41, 5.74) is 13.5. The van der Waals surface area contributed by atoms with Crippen LogP contribution in [-0.2, 0) is 16.6 Å². The Balaban J connectivity index is 0.960. The molecule has 1 atom stereocenters. The number of likely N-dealkylation sites (tertiary alicyclic amines) is 1. The Kier molecular flexibility index (Phi) is 7.93. The number of nitrogen functional groups attached to an aromatic ring is 1. The summed E-state index contributed by atoms with van der Waals surface area (Å²) in [6.07, 6.45) is 7.88. The summed E-state index contributed by atoms with van der Waals surface area (Å²) in [5, 5.41) is 10.9. The van der Waals surface area contributed by atoms with Gasteiger partial charge in [0, 0.05) is 67.6 Å². The normalized spacial score (nSPS) is 19.9. The molecule has 4 N–H and O–H groups in total. The van der Waals surface area contributed by atoms with Crippen molar-refractivity contribution in [1.82, 2.24) is 29.5 Å². The maximum Gasteiger partial charge on any atom is 0.237 e. The molecule has 2 aromatic heterocycles. The molecule has 240 valence electrons. The molecule has 11 heteroatoms. The molecule has 3 aliphatic heterocycles. The second kappa shape index (κ2) is 12.2. The second-order valence-corrected chi connectivity index (χ2v) is 13.0. The maximum atomic E-state index is 13.9. The Morgan fingerprint density at radius 2 is 1.79 bits per heavy atom. The topological polar surface area (TPSA) is 139 Å². The minimum atomic E-state index is -0.481. The summed E-state index contributed by atoms with van der Waals surface area (Å²) < 4.78 is 1.69. The zero-order valence-electron chi connectivity index (χ0n) is 26.9. The van der Waals surface area contributed by atoms with Crippen LogP contribution in [0.2, 0.25) is 0 Å². The van der Waals surface area contributed by atoms with Gasteiger partial charge < -0.3 is 15.5 Å². The van der Waals surface area contributed by atoms with Gasteiger partial charge in [-0.3, -0.25) is 29.6 Å². The number of hydrogen-bond acceptors (Lipinski definition) is 7. The standard InChI is InChI=1S/C36H39N9O2/c1-24-19-28(9-14-39-24)33(38)30-20-29(7-8-31(30)37)45-18-13-36(35(45)47)12-17-43(22-36)21-32(46)44-15-10-26(11-16-44)25-3-5-27(6-4-25)34-40-23-42(2)41-34/h3-10,14,19-20,23,38H,11-13,15-18,21-22,37H2,1-2H3/p+1/t36-/m0/s1. The lowest BCUT2D eigenvalue weighted by molar-refractivity contribution is -0.132. The number of aromatic nitrogens is 4. The van der Waals surface area contributed by atoms with Crippen LogP contribution in [0, 0.1) is 12.3 Å². The summed E-state index contributed by atoms with van der Waals surface area (Å²) in [7, 11) is 1.86. The Morgan fingerprint density at radius 1 is 1.00 bits per heavy atom. The molecular formula is C36H40N9O2+. The number of amides is 2. The van der Waals surface area contributed by atoms with Crippen molar-refractivity contribution in [3.63, 3.8) is 0 Å². The lowest BCUT2D eigenvalue weighted by atomic mass is 9.85. The van der Waals surface area contributed by atoms with Crippen LogP contribution in [0.15, 0.2) is 73.2 Å². The monoisotopic (exact) mass is 630 g/mol. The van der Waals surface area contributed by atoms with E-state index in [4.69, 9.17) is 11.1 Å². The molecule has 5 heterocycles. The molecule has 2 fully saturated rings. The van der Waals surface area contributed by atoms with E-state index < -0.39 is 5.41 Å². The summed E-state index contributed by atoms with van der Waals surface area (Å²) in [4.78, 5) is 41.8. The van der Waals surface area contributed by atoms with Crippen molar-refractivity contribution in [3.8, 4) is 11.4 Å². The van der Waals surface area contributed by atoms with Crippen LogP contribution in [0.5, 0.6) is 0 Å². The van der Waals surface area contributed by atoms with E-state index in [9.17, 15) is 9.59 Å². The Hall–Kier alpha value is -5.16. The van der Waals surface area contributed by atoms with Gasteiger partial charge in [0.1, 0.15) is 6.33 Å². The van der Waals surface area contributed by atoms with Crippen LogP contribution in [0.25, 0.3) is 17.0 Å². The van der Waals surface area contributed by atoms with Gasteiger partial charge in [-0.25, -0.2) is 4.98 Å². The first kappa shape index (κ1) is 30.5. The molecule has 47 heavy (non-hydrogen) atoms. The van der Waals surface area contributed by atoms with Gasteiger partial charge in [-0.05, 0) is 74.2 Å². The van der Waals surface area contributed by atoms with E-state index in [2.05, 4.69) is 38.2 Å². The highest BCUT2D eigenvalue weighted by Crippen LogP contribution is 2.43. The van der Waals surface area contributed by atoms with Crippen LogP contribution in [0.1, 0.15) is 41.6 Å². The summed E-state index contributed by atoms with van der Waals surface area (Å²) in [6, 6.07) is 17.7. The number of pyridine rings is 1. The van der Waals surface area contributed by atoms with E-state index in [0.29, 0.717) is 55.5 Å². The molecule has 4 aromatic rings. The molecule has 2 amide bonds. The van der Waals surface area contributed by atoms with Crippen molar-refractivity contribution in [2.75, 3.05) is 49.9 Å². The number of hydrogen-bond donors (Lipinski definition) is 2. The third-order valence-electron chi connectivity index (χ3n) is 9.83. The van der Waals surface area contributed by atoms with Gasteiger partial charge in [-0.2, -0.15) is 5.10 Å². The number of carbonyl (C=O) groups is 2. The molecule has 0 radical (unpaired) electrons. The predicted octanol–water partition coefficient (Wildman–Crippen LogP) is 2.11. The van der Waals surface area contributed by atoms with Crippen LogP contribution in [0.4, 0.5) is 11.4 Å². The van der Waals surface area contributed by atoms with E-state index in [0.717, 1.165) is 53.9 Å². The first-order chi connectivity index (χ1) is 22.7. The average Bonchev–Trinajstić information content (AvgIpc) is 3.80. The number of aryl methyl sites for hydroxylation is 2. The maximum absolute atomic E-state index is 13.9. The highest BCUT2D eigenvalue weighted by Gasteiger charge is 2.51. The van der Waals surface area contributed by atoms with E-state index in [1.807, 2.05) is 66.2 Å². The quantitative estimate of drug-likeness (QED) is 0.236. The lowest BCUT2D eigenvalue weighted by Gasteiger charge is -2.29. The number of nitrogens with two attached hydrogens (primary N) is 2. The number of nitrogens with zero attached hydrogens (tertiary/aromatic N) is 7. The summed E-state index contributed by atoms with van der Waals surface area (Å²) >= 11 is 0. The molecule has 0 aliphatic carbocycles. The van der Waals surface area contributed by atoms with Gasteiger partial charge in [-0.1, -0.05) is 30.3 Å². The van der Waals surface area contributed by atoms with Crippen molar-refractivity contribution < 1.29 is 15.0 Å².